The van der Waals surface area contributed by atoms with Crippen LogP contribution in [0.2, 0.25) is 0 Å². The SMILES string of the molecule is CCCCCCN1C(=O)C(=CC=C2N(C)c3ccccc3C2(C)C)C(c2ccccc2)=C(C#N)C1=O. The predicted molar refractivity (Wildman–Crippen MR) is 144 cm³/mol. The molecule has 2 aliphatic rings. The van der Waals surface area contributed by atoms with Crippen LogP contribution in [0.1, 0.15) is 57.6 Å². The van der Waals surface area contributed by atoms with Gasteiger partial charge in [-0.1, -0.05) is 88.6 Å². The van der Waals surface area contributed by atoms with Crippen molar-refractivity contribution in [2.75, 3.05) is 18.5 Å². The highest BCUT2D eigenvalue weighted by atomic mass is 16.2. The van der Waals surface area contributed by atoms with Crippen molar-refractivity contribution in [2.24, 2.45) is 0 Å². The van der Waals surface area contributed by atoms with Gasteiger partial charge < -0.3 is 4.90 Å². The first kappa shape index (κ1) is 25.2. The summed E-state index contributed by atoms with van der Waals surface area (Å²) in [6.45, 7) is 6.77. The second-order valence-corrected chi connectivity index (χ2v) is 9.88. The quantitative estimate of drug-likeness (QED) is 0.271. The molecule has 2 aromatic carbocycles. The lowest BCUT2D eigenvalue weighted by molar-refractivity contribution is -0.140. The number of rotatable bonds is 7. The van der Waals surface area contributed by atoms with Crippen LogP contribution in [0.5, 0.6) is 0 Å². The van der Waals surface area contributed by atoms with Crippen molar-refractivity contribution >= 4 is 23.1 Å². The Hall–Kier alpha value is -3.91. The number of allylic oxidation sites excluding steroid dienone is 3. The zero-order valence-electron chi connectivity index (χ0n) is 21.5. The molecule has 0 radical (unpaired) electrons. The van der Waals surface area contributed by atoms with Gasteiger partial charge in [-0.2, -0.15) is 5.26 Å². The van der Waals surface area contributed by atoms with Gasteiger partial charge >= 0.3 is 0 Å². The Labute approximate surface area is 214 Å². The van der Waals surface area contributed by atoms with Crippen molar-refractivity contribution in [1.29, 1.82) is 5.26 Å². The molecule has 184 valence electrons. The van der Waals surface area contributed by atoms with Crippen LogP contribution in [0, 0.1) is 11.3 Å². The van der Waals surface area contributed by atoms with Crippen LogP contribution in [0.3, 0.4) is 0 Å². The topological polar surface area (TPSA) is 64.4 Å². The number of nitriles is 1. The first-order valence-electron chi connectivity index (χ1n) is 12.6. The Morgan fingerprint density at radius 3 is 2.28 bits per heavy atom. The minimum absolute atomic E-state index is 0.0169. The zero-order chi connectivity index (χ0) is 25.9. The van der Waals surface area contributed by atoms with E-state index in [1.807, 2.05) is 55.6 Å². The van der Waals surface area contributed by atoms with E-state index in [1.165, 1.54) is 10.5 Å². The molecule has 0 fully saturated rings. The number of hydrogen-bond donors (Lipinski definition) is 0. The van der Waals surface area contributed by atoms with Gasteiger partial charge in [0.1, 0.15) is 11.6 Å². The molecule has 0 saturated carbocycles. The molecule has 2 amide bonds. The van der Waals surface area contributed by atoms with E-state index in [0.29, 0.717) is 23.3 Å². The van der Waals surface area contributed by atoms with Crippen LogP contribution >= 0.6 is 0 Å². The predicted octanol–water partition coefficient (Wildman–Crippen LogP) is 6.15. The average Bonchev–Trinajstić information content (AvgIpc) is 3.08. The van der Waals surface area contributed by atoms with Gasteiger partial charge in [0.05, 0.1) is 0 Å². The highest BCUT2D eigenvalue weighted by molar-refractivity contribution is 6.27. The van der Waals surface area contributed by atoms with Gasteiger partial charge in [0.15, 0.2) is 0 Å². The summed E-state index contributed by atoms with van der Waals surface area (Å²) in [6.07, 6.45) is 7.54. The molecule has 5 nitrogen and oxygen atoms in total. The number of anilines is 1. The van der Waals surface area contributed by atoms with Crippen molar-refractivity contribution in [3.05, 3.63) is 94.7 Å². The summed E-state index contributed by atoms with van der Waals surface area (Å²) in [5.41, 5.74) is 4.62. The number of carbonyl (C=O) groups is 2. The molecule has 0 spiro atoms. The Morgan fingerprint density at radius 1 is 0.917 bits per heavy atom. The van der Waals surface area contributed by atoms with E-state index >= 15 is 0 Å². The molecule has 5 heteroatoms. The fraction of sp³-hybridized carbons (Fsp3) is 0.323. The Morgan fingerprint density at radius 2 is 1.61 bits per heavy atom. The van der Waals surface area contributed by atoms with Crippen molar-refractivity contribution < 1.29 is 9.59 Å². The number of unbranched alkanes of at least 4 members (excludes halogenated alkanes) is 3. The van der Waals surface area contributed by atoms with Gasteiger partial charge in [0.25, 0.3) is 11.8 Å². The lowest BCUT2D eigenvalue weighted by atomic mass is 9.83. The van der Waals surface area contributed by atoms with Crippen LogP contribution < -0.4 is 4.90 Å². The van der Waals surface area contributed by atoms with Gasteiger partial charge in [-0.25, -0.2) is 0 Å². The number of imide groups is 1. The van der Waals surface area contributed by atoms with Crippen LogP contribution in [0.25, 0.3) is 5.57 Å². The van der Waals surface area contributed by atoms with Crippen LogP contribution in [0.4, 0.5) is 5.69 Å². The van der Waals surface area contributed by atoms with E-state index in [0.717, 1.165) is 37.1 Å². The van der Waals surface area contributed by atoms with E-state index in [1.54, 1.807) is 6.08 Å². The van der Waals surface area contributed by atoms with Gasteiger partial charge in [0, 0.05) is 41.5 Å². The maximum atomic E-state index is 13.8. The molecule has 36 heavy (non-hydrogen) atoms. The normalized spacial score (nSPS) is 19.3. The van der Waals surface area contributed by atoms with Crippen LogP contribution in [-0.2, 0) is 15.0 Å². The number of likely N-dealkylation sites (N-methyl/N-ethyl adjacent to an activating group) is 1. The molecule has 4 rings (SSSR count). The third kappa shape index (κ3) is 4.40. The molecular weight excluding hydrogens is 446 g/mol. The summed E-state index contributed by atoms with van der Waals surface area (Å²) in [6, 6.07) is 19.7. The van der Waals surface area contributed by atoms with E-state index in [-0.39, 0.29) is 16.9 Å². The number of benzene rings is 2. The van der Waals surface area contributed by atoms with Crippen molar-refractivity contribution in [3.63, 3.8) is 0 Å². The Bertz CT molecular complexity index is 1310. The molecule has 2 aliphatic heterocycles. The van der Waals surface area contributed by atoms with Gasteiger partial charge in [-0.3, -0.25) is 14.5 Å². The van der Waals surface area contributed by atoms with Crippen molar-refractivity contribution in [1.82, 2.24) is 4.90 Å². The minimum atomic E-state index is -0.506. The average molecular weight is 480 g/mol. The fourth-order valence-electron chi connectivity index (χ4n) is 5.25. The Balaban J connectivity index is 1.84. The van der Waals surface area contributed by atoms with E-state index < -0.39 is 5.91 Å². The highest BCUT2D eigenvalue weighted by Crippen LogP contribution is 2.47. The van der Waals surface area contributed by atoms with Gasteiger partial charge in [-0.15, -0.1) is 0 Å². The molecule has 2 heterocycles. The smallest absolute Gasteiger partial charge is 0.272 e. The lowest BCUT2D eigenvalue weighted by Crippen LogP contribution is -2.43. The third-order valence-corrected chi connectivity index (χ3v) is 7.21. The van der Waals surface area contributed by atoms with E-state index in [4.69, 9.17) is 0 Å². The van der Waals surface area contributed by atoms with Crippen LogP contribution in [-0.4, -0.2) is 30.3 Å². The molecule has 0 N–H and O–H groups in total. The zero-order valence-corrected chi connectivity index (χ0v) is 21.5. The number of fused-ring (bicyclic) bond motifs is 1. The summed E-state index contributed by atoms with van der Waals surface area (Å²) in [5, 5.41) is 10.0. The molecule has 0 aliphatic carbocycles. The lowest BCUT2D eigenvalue weighted by Gasteiger charge is -2.29. The first-order chi connectivity index (χ1) is 17.3. The molecule has 2 aromatic rings. The number of para-hydroxylation sites is 1. The maximum absolute atomic E-state index is 13.8. The molecule has 0 atom stereocenters. The number of hydrogen-bond acceptors (Lipinski definition) is 4. The van der Waals surface area contributed by atoms with Gasteiger partial charge in [0.2, 0.25) is 0 Å². The minimum Gasteiger partial charge on any atom is -0.347 e. The number of amides is 2. The third-order valence-electron chi connectivity index (χ3n) is 7.21. The highest BCUT2D eigenvalue weighted by Gasteiger charge is 2.39. The van der Waals surface area contributed by atoms with Crippen molar-refractivity contribution in [2.45, 2.75) is 51.9 Å². The molecule has 0 bridgehead atoms. The molecule has 0 saturated heterocycles. The second-order valence-electron chi connectivity index (χ2n) is 9.88. The number of carbonyl (C=O) groups excluding carboxylic acids is 2. The summed E-state index contributed by atoms with van der Waals surface area (Å²) >= 11 is 0. The van der Waals surface area contributed by atoms with Crippen LogP contribution in [0.15, 0.2) is 83.6 Å². The maximum Gasteiger partial charge on any atom is 0.272 e. The molecule has 0 unspecified atom stereocenters. The summed E-state index contributed by atoms with van der Waals surface area (Å²) in [4.78, 5) is 30.5. The summed E-state index contributed by atoms with van der Waals surface area (Å²) < 4.78 is 0. The largest absolute Gasteiger partial charge is 0.347 e. The molecular formula is C31H33N3O2. The standard InChI is InChI=1S/C31H33N3O2/c1-5-6-7-13-20-34-29(35)23(28(24(21-32)30(34)36)22-14-9-8-10-15-22)18-19-27-31(2,3)25-16-11-12-17-26(25)33(27)4/h8-12,14-19H,5-7,13,20H2,1-4H3. The Kier molecular flexibility index (Phi) is 7.26. The van der Waals surface area contributed by atoms with Crippen molar-refractivity contribution in [3.8, 4) is 6.07 Å². The first-order valence-corrected chi connectivity index (χ1v) is 12.6. The van der Waals surface area contributed by atoms with E-state index in [2.05, 4.69) is 43.9 Å². The summed E-state index contributed by atoms with van der Waals surface area (Å²) in [7, 11) is 2.03. The summed E-state index contributed by atoms with van der Waals surface area (Å²) in [5.74, 6) is -0.851. The monoisotopic (exact) mass is 479 g/mol. The number of nitrogens with zero attached hydrogens (tertiary/aromatic N) is 3. The van der Waals surface area contributed by atoms with Gasteiger partial charge in [-0.05, 0) is 35.8 Å². The van der Waals surface area contributed by atoms with E-state index in [9.17, 15) is 14.9 Å². The fourth-order valence-corrected chi connectivity index (χ4v) is 5.25. The second kappa shape index (κ2) is 10.4. The molecule has 0 aromatic heterocycles.